The summed E-state index contributed by atoms with van der Waals surface area (Å²) >= 11 is 6.07. The average Bonchev–Trinajstić information content (AvgIpc) is 3.26. The van der Waals surface area contributed by atoms with Crippen LogP contribution in [0.15, 0.2) is 18.2 Å². The summed E-state index contributed by atoms with van der Waals surface area (Å²) in [7, 11) is 1.58. The van der Waals surface area contributed by atoms with E-state index in [0.29, 0.717) is 42.6 Å². The second kappa shape index (κ2) is 5.50. The van der Waals surface area contributed by atoms with Gasteiger partial charge in [0.1, 0.15) is 11.4 Å². The number of β-amino-alcohol motifs (C(OH)–C–C–N with tert-alkyl or cyclic N) is 1. The first-order valence-corrected chi connectivity index (χ1v) is 7.72. The van der Waals surface area contributed by atoms with Crippen molar-refractivity contribution in [3.05, 3.63) is 28.8 Å². The minimum absolute atomic E-state index is 0.104. The van der Waals surface area contributed by atoms with Crippen LogP contribution < -0.4 is 4.74 Å². The second-order valence-electron chi connectivity index (χ2n) is 6.10. The topological polar surface area (TPSA) is 49.8 Å². The standard InChI is InChI=1S/C16H20ClNO3/c1-21-14-6-2-11(8-13(14)17)3-7-15(19)18-9-16(20,10-18)12-4-5-12/h2,6,8,12,20H,3-5,7,9-10H2,1H3. The predicted octanol–water partition coefficient (Wildman–Crippen LogP) is 2.26. The van der Waals surface area contributed by atoms with Gasteiger partial charge in [-0.15, -0.1) is 0 Å². The molecule has 1 N–H and O–H groups in total. The van der Waals surface area contributed by atoms with Crippen LogP contribution in [0.2, 0.25) is 5.02 Å². The van der Waals surface area contributed by atoms with E-state index >= 15 is 0 Å². The lowest BCUT2D eigenvalue weighted by Crippen LogP contribution is -2.64. The van der Waals surface area contributed by atoms with Gasteiger partial charge < -0.3 is 14.7 Å². The van der Waals surface area contributed by atoms with E-state index in [1.165, 1.54) is 0 Å². The number of halogens is 1. The van der Waals surface area contributed by atoms with Crippen molar-refractivity contribution in [3.8, 4) is 5.75 Å². The number of carbonyl (C=O) groups excluding carboxylic acids is 1. The van der Waals surface area contributed by atoms with Gasteiger partial charge in [-0.2, -0.15) is 0 Å². The highest BCUT2D eigenvalue weighted by atomic mass is 35.5. The van der Waals surface area contributed by atoms with Gasteiger partial charge in [0.15, 0.2) is 0 Å². The number of hydrogen-bond donors (Lipinski definition) is 1. The van der Waals surface area contributed by atoms with Crippen molar-refractivity contribution in [1.29, 1.82) is 0 Å². The minimum Gasteiger partial charge on any atom is -0.495 e. The summed E-state index contributed by atoms with van der Waals surface area (Å²) in [6.07, 6.45) is 3.30. The van der Waals surface area contributed by atoms with Crippen LogP contribution >= 0.6 is 11.6 Å². The Kier molecular flexibility index (Phi) is 3.84. The number of hydrogen-bond acceptors (Lipinski definition) is 3. The summed E-state index contributed by atoms with van der Waals surface area (Å²) in [6.45, 7) is 1.000. The molecule has 1 saturated carbocycles. The number of rotatable bonds is 5. The Morgan fingerprint density at radius 3 is 2.76 bits per heavy atom. The van der Waals surface area contributed by atoms with E-state index in [9.17, 15) is 9.90 Å². The van der Waals surface area contributed by atoms with Crippen molar-refractivity contribution in [2.45, 2.75) is 31.3 Å². The van der Waals surface area contributed by atoms with E-state index in [0.717, 1.165) is 18.4 Å². The third-order valence-electron chi connectivity index (χ3n) is 4.46. The number of aliphatic hydroxyl groups is 1. The largest absolute Gasteiger partial charge is 0.495 e. The fourth-order valence-corrected chi connectivity index (χ4v) is 3.23. The molecule has 1 amide bonds. The molecule has 0 radical (unpaired) electrons. The van der Waals surface area contributed by atoms with Gasteiger partial charge in [-0.05, 0) is 42.9 Å². The van der Waals surface area contributed by atoms with Crippen molar-refractivity contribution in [1.82, 2.24) is 4.90 Å². The lowest BCUT2D eigenvalue weighted by atomic mass is 9.88. The highest BCUT2D eigenvalue weighted by Gasteiger charge is 2.52. The molecule has 2 fully saturated rings. The molecule has 21 heavy (non-hydrogen) atoms. The molecule has 2 aliphatic rings. The zero-order valence-corrected chi connectivity index (χ0v) is 12.9. The van der Waals surface area contributed by atoms with Crippen molar-refractivity contribution in [2.75, 3.05) is 20.2 Å². The number of ether oxygens (including phenoxy) is 1. The van der Waals surface area contributed by atoms with Crippen molar-refractivity contribution in [2.24, 2.45) is 5.92 Å². The number of methoxy groups -OCH3 is 1. The highest BCUT2D eigenvalue weighted by molar-refractivity contribution is 6.32. The van der Waals surface area contributed by atoms with E-state index in [2.05, 4.69) is 0 Å². The molecule has 1 aromatic rings. The molecule has 0 spiro atoms. The van der Waals surface area contributed by atoms with E-state index < -0.39 is 5.60 Å². The van der Waals surface area contributed by atoms with Gasteiger partial charge >= 0.3 is 0 Å². The highest BCUT2D eigenvalue weighted by Crippen LogP contribution is 2.44. The molecule has 1 saturated heterocycles. The lowest BCUT2D eigenvalue weighted by molar-refractivity contribution is -0.159. The summed E-state index contributed by atoms with van der Waals surface area (Å²) in [5, 5.41) is 10.8. The third kappa shape index (κ3) is 3.01. The molecule has 3 rings (SSSR count). The molecular formula is C16H20ClNO3. The SMILES string of the molecule is COc1ccc(CCC(=O)N2CC(O)(C3CC3)C2)cc1Cl. The van der Waals surface area contributed by atoms with E-state index in [1.807, 2.05) is 18.2 Å². The van der Waals surface area contributed by atoms with Gasteiger partial charge in [-0.1, -0.05) is 17.7 Å². The summed E-state index contributed by atoms with van der Waals surface area (Å²) in [6, 6.07) is 5.58. The molecule has 1 aromatic carbocycles. The first-order valence-electron chi connectivity index (χ1n) is 7.34. The van der Waals surface area contributed by atoms with Gasteiger partial charge in [0.25, 0.3) is 0 Å². The Hall–Kier alpha value is -1.26. The molecule has 1 aliphatic carbocycles. The number of nitrogens with zero attached hydrogens (tertiary/aromatic N) is 1. The third-order valence-corrected chi connectivity index (χ3v) is 4.76. The smallest absolute Gasteiger partial charge is 0.223 e. The molecule has 5 heteroatoms. The van der Waals surface area contributed by atoms with E-state index in [1.54, 1.807) is 12.0 Å². The van der Waals surface area contributed by atoms with Gasteiger partial charge in [-0.25, -0.2) is 0 Å². The Balaban J connectivity index is 1.49. The van der Waals surface area contributed by atoms with Crippen LogP contribution in [0.1, 0.15) is 24.8 Å². The molecule has 4 nitrogen and oxygen atoms in total. The maximum atomic E-state index is 12.1. The first-order chi connectivity index (χ1) is 10.0. The van der Waals surface area contributed by atoms with Crippen LogP contribution in [-0.4, -0.2) is 41.7 Å². The molecule has 1 heterocycles. The lowest BCUT2D eigenvalue weighted by Gasteiger charge is -2.47. The average molecular weight is 310 g/mol. The van der Waals surface area contributed by atoms with Crippen LogP contribution in [0, 0.1) is 5.92 Å². The fourth-order valence-electron chi connectivity index (χ4n) is 2.94. The van der Waals surface area contributed by atoms with Crippen LogP contribution in [0.4, 0.5) is 0 Å². The quantitative estimate of drug-likeness (QED) is 0.907. The fraction of sp³-hybridized carbons (Fsp3) is 0.562. The van der Waals surface area contributed by atoms with Crippen molar-refractivity contribution < 1.29 is 14.6 Å². The number of likely N-dealkylation sites (tertiary alicyclic amines) is 1. The normalized spacial score (nSPS) is 20.0. The summed E-state index contributed by atoms with van der Waals surface area (Å²) < 4.78 is 5.11. The molecule has 0 bridgehead atoms. The van der Waals surface area contributed by atoms with Gasteiger partial charge in [0.05, 0.1) is 25.2 Å². The minimum atomic E-state index is -0.598. The maximum Gasteiger partial charge on any atom is 0.223 e. The maximum absolute atomic E-state index is 12.1. The van der Waals surface area contributed by atoms with Crippen molar-refractivity contribution >= 4 is 17.5 Å². The molecule has 114 valence electrons. The Bertz CT molecular complexity index is 550. The Labute approximate surface area is 129 Å². The van der Waals surface area contributed by atoms with E-state index in [-0.39, 0.29) is 5.91 Å². The first kappa shape index (κ1) is 14.7. The Morgan fingerprint density at radius 2 is 2.19 bits per heavy atom. The Morgan fingerprint density at radius 1 is 1.48 bits per heavy atom. The number of carbonyl (C=O) groups is 1. The summed E-state index contributed by atoms with van der Waals surface area (Å²) in [5.41, 5.74) is 0.422. The molecule has 0 aromatic heterocycles. The predicted molar refractivity (Wildman–Crippen MR) is 80.6 cm³/mol. The monoisotopic (exact) mass is 309 g/mol. The van der Waals surface area contributed by atoms with E-state index in [4.69, 9.17) is 16.3 Å². The van der Waals surface area contributed by atoms with Crippen LogP contribution in [0.25, 0.3) is 0 Å². The van der Waals surface area contributed by atoms with Gasteiger partial charge in [0.2, 0.25) is 5.91 Å². The van der Waals surface area contributed by atoms with Crippen molar-refractivity contribution in [3.63, 3.8) is 0 Å². The molecular weight excluding hydrogens is 290 g/mol. The molecule has 1 aliphatic heterocycles. The van der Waals surface area contributed by atoms with Crippen LogP contribution in [-0.2, 0) is 11.2 Å². The second-order valence-corrected chi connectivity index (χ2v) is 6.50. The summed E-state index contributed by atoms with van der Waals surface area (Å²) in [5.74, 6) is 1.16. The van der Waals surface area contributed by atoms with Crippen LogP contribution in [0.5, 0.6) is 5.75 Å². The summed E-state index contributed by atoms with van der Waals surface area (Å²) in [4.78, 5) is 13.8. The molecule has 0 unspecified atom stereocenters. The number of aryl methyl sites for hydroxylation is 1. The molecule has 0 atom stereocenters. The van der Waals surface area contributed by atoms with Gasteiger partial charge in [0, 0.05) is 6.42 Å². The number of amides is 1. The number of benzene rings is 1. The zero-order chi connectivity index (χ0) is 15.0. The van der Waals surface area contributed by atoms with Crippen LogP contribution in [0.3, 0.4) is 0 Å². The zero-order valence-electron chi connectivity index (χ0n) is 12.1. The van der Waals surface area contributed by atoms with Gasteiger partial charge in [-0.3, -0.25) is 4.79 Å².